The highest BCUT2D eigenvalue weighted by atomic mass is 19.4. The number of benzene rings is 2. The molecule has 1 aliphatic rings. The minimum atomic E-state index is -4.42. The second-order valence-corrected chi connectivity index (χ2v) is 10.9. The molecule has 238 valence electrons. The molecule has 1 saturated heterocycles. The Morgan fingerprint density at radius 1 is 1.09 bits per heavy atom. The molecule has 0 bridgehead atoms. The molecule has 11 heteroatoms. The second kappa shape index (κ2) is 15.5. The number of rotatable bonds is 10. The summed E-state index contributed by atoms with van der Waals surface area (Å²) in [6.45, 7) is 9.33. The number of carbonyl (C=O) groups is 1. The number of pyridine rings is 1. The van der Waals surface area contributed by atoms with Crippen molar-refractivity contribution in [1.29, 1.82) is 0 Å². The third kappa shape index (κ3) is 9.00. The lowest BCUT2D eigenvalue weighted by Gasteiger charge is -2.35. The molecule has 2 heterocycles. The van der Waals surface area contributed by atoms with Gasteiger partial charge in [-0.25, -0.2) is 4.98 Å². The Hall–Kier alpha value is -4.53. The number of carbonyl (C=O) groups excluding carboxylic acids is 1. The van der Waals surface area contributed by atoms with E-state index in [2.05, 4.69) is 44.3 Å². The first-order chi connectivity index (χ1) is 21.6. The van der Waals surface area contributed by atoms with E-state index < -0.39 is 11.7 Å². The maximum atomic E-state index is 13.0. The highest BCUT2D eigenvalue weighted by Crippen LogP contribution is 2.35. The van der Waals surface area contributed by atoms with Crippen molar-refractivity contribution in [3.8, 4) is 11.8 Å². The van der Waals surface area contributed by atoms with E-state index in [1.54, 1.807) is 42.5 Å². The largest absolute Gasteiger partial charge is 0.416 e. The number of anilines is 3. The zero-order valence-corrected chi connectivity index (χ0v) is 25.9. The lowest BCUT2D eigenvalue weighted by Crippen LogP contribution is -2.46. The third-order valence-corrected chi connectivity index (χ3v) is 7.77. The number of aromatic nitrogens is 1. The van der Waals surface area contributed by atoms with Crippen LogP contribution in [0.4, 0.5) is 30.4 Å². The van der Waals surface area contributed by atoms with Crippen molar-refractivity contribution in [1.82, 2.24) is 20.6 Å². The SMILES string of the molecule is CCCCN1CCN(c2ccc(C#CCNC(=O)c3ccc(N(C)c4ccc(C(F)(F)F)cc4)c(/C(C)=C/NN)c3)cn2)CC1. The molecule has 0 atom stereocenters. The van der Waals surface area contributed by atoms with E-state index in [1.165, 1.54) is 25.0 Å². The number of nitrogens with two attached hydrogens (primary N) is 1. The van der Waals surface area contributed by atoms with Crippen LogP contribution < -0.4 is 26.4 Å². The predicted octanol–water partition coefficient (Wildman–Crippen LogP) is 5.40. The number of hydrogen-bond acceptors (Lipinski definition) is 7. The topological polar surface area (TPSA) is 89.8 Å². The number of unbranched alkanes of at least 4 members (excludes halogenated alkanes) is 1. The van der Waals surface area contributed by atoms with Gasteiger partial charge in [-0.05, 0) is 80.1 Å². The molecule has 1 fully saturated rings. The van der Waals surface area contributed by atoms with Gasteiger partial charge < -0.3 is 20.5 Å². The number of hydrogen-bond donors (Lipinski definition) is 3. The average Bonchev–Trinajstić information content (AvgIpc) is 3.05. The Kier molecular flexibility index (Phi) is 11.5. The molecule has 0 spiro atoms. The molecule has 4 rings (SSSR count). The summed E-state index contributed by atoms with van der Waals surface area (Å²) in [6.07, 6.45) is 1.36. The number of piperazine rings is 1. The molecule has 45 heavy (non-hydrogen) atoms. The van der Waals surface area contributed by atoms with Gasteiger partial charge in [0.05, 0.1) is 12.1 Å². The number of nitrogens with zero attached hydrogens (tertiary/aromatic N) is 4. The lowest BCUT2D eigenvalue weighted by molar-refractivity contribution is -0.137. The van der Waals surface area contributed by atoms with E-state index >= 15 is 0 Å². The molecular weight excluding hydrogens is 579 g/mol. The Bertz CT molecular complexity index is 1520. The zero-order chi connectivity index (χ0) is 32.4. The number of halogens is 3. The molecule has 1 amide bonds. The molecule has 1 aromatic heterocycles. The maximum absolute atomic E-state index is 13.0. The summed E-state index contributed by atoms with van der Waals surface area (Å²) in [5, 5.41) is 2.82. The van der Waals surface area contributed by atoms with Crippen LogP contribution in [-0.4, -0.2) is 62.1 Å². The van der Waals surface area contributed by atoms with E-state index in [4.69, 9.17) is 5.84 Å². The van der Waals surface area contributed by atoms with Crippen molar-refractivity contribution in [2.45, 2.75) is 32.9 Å². The van der Waals surface area contributed by atoms with Gasteiger partial charge in [-0.3, -0.25) is 15.5 Å². The summed E-state index contributed by atoms with van der Waals surface area (Å²) >= 11 is 0. The van der Waals surface area contributed by atoms with E-state index in [0.717, 1.165) is 61.8 Å². The van der Waals surface area contributed by atoms with Gasteiger partial charge in [0.15, 0.2) is 0 Å². The quantitative estimate of drug-likeness (QED) is 0.159. The van der Waals surface area contributed by atoms with Gasteiger partial charge in [0.1, 0.15) is 5.82 Å². The maximum Gasteiger partial charge on any atom is 0.416 e. The van der Waals surface area contributed by atoms with Crippen molar-refractivity contribution >= 4 is 28.7 Å². The van der Waals surface area contributed by atoms with Crippen LogP contribution in [-0.2, 0) is 6.18 Å². The van der Waals surface area contributed by atoms with Crippen LogP contribution in [0, 0.1) is 11.8 Å². The van der Waals surface area contributed by atoms with E-state index in [9.17, 15) is 18.0 Å². The number of hydrazine groups is 1. The third-order valence-electron chi connectivity index (χ3n) is 7.77. The second-order valence-electron chi connectivity index (χ2n) is 10.9. The minimum absolute atomic E-state index is 0.141. The fourth-order valence-corrected chi connectivity index (χ4v) is 5.10. The minimum Gasteiger partial charge on any atom is -0.354 e. The molecule has 3 aromatic rings. The molecule has 0 radical (unpaired) electrons. The molecular formula is C34H40F3N7O. The fraction of sp³-hybridized carbons (Fsp3) is 0.353. The summed E-state index contributed by atoms with van der Waals surface area (Å²) in [5.74, 6) is 12.2. The van der Waals surface area contributed by atoms with Crippen LogP contribution in [0.25, 0.3) is 5.57 Å². The van der Waals surface area contributed by atoms with E-state index in [-0.39, 0.29) is 12.5 Å². The number of alkyl halides is 3. The molecule has 4 N–H and O–H groups in total. The van der Waals surface area contributed by atoms with Crippen molar-refractivity contribution < 1.29 is 18.0 Å². The summed E-state index contributed by atoms with van der Waals surface area (Å²) in [6, 6.07) is 14.0. The van der Waals surface area contributed by atoms with Gasteiger partial charge in [0.25, 0.3) is 5.91 Å². The van der Waals surface area contributed by atoms with Crippen LogP contribution in [0.3, 0.4) is 0 Å². The van der Waals surface area contributed by atoms with Crippen LogP contribution in [0.5, 0.6) is 0 Å². The van der Waals surface area contributed by atoms with Gasteiger partial charge in [0.2, 0.25) is 0 Å². The molecule has 0 aliphatic carbocycles. The molecule has 0 saturated carbocycles. The molecule has 8 nitrogen and oxygen atoms in total. The average molecular weight is 620 g/mol. The lowest BCUT2D eigenvalue weighted by atomic mass is 10.0. The standard InChI is InChI=1S/C34H40F3N7O/c1-4-5-17-43-18-20-44(21-19-43)32-15-8-26(24-40-32)7-6-16-39-33(45)27-9-14-31(30(22-27)25(2)23-41-38)42(3)29-12-10-28(11-13-29)34(35,36)37/h8-15,22-24,41H,4-5,16-21,38H2,1-3H3,(H,39,45)/b25-23+. The van der Waals surface area contributed by atoms with E-state index in [1.807, 2.05) is 19.1 Å². The summed E-state index contributed by atoms with van der Waals surface area (Å²) in [5.41, 5.74) is 5.60. The monoisotopic (exact) mass is 619 g/mol. The predicted molar refractivity (Wildman–Crippen MR) is 174 cm³/mol. The van der Waals surface area contributed by atoms with E-state index in [0.29, 0.717) is 22.5 Å². The zero-order valence-electron chi connectivity index (χ0n) is 25.9. The molecule has 1 aliphatic heterocycles. The Morgan fingerprint density at radius 3 is 2.44 bits per heavy atom. The van der Waals surface area contributed by atoms with Crippen molar-refractivity contribution in [3.63, 3.8) is 0 Å². The van der Waals surface area contributed by atoms with Crippen LogP contribution in [0.15, 0.2) is 67.0 Å². The van der Waals surface area contributed by atoms with Crippen LogP contribution >= 0.6 is 0 Å². The summed E-state index contributed by atoms with van der Waals surface area (Å²) in [4.78, 5) is 24.1. The summed E-state index contributed by atoms with van der Waals surface area (Å²) in [7, 11) is 1.75. The Morgan fingerprint density at radius 2 is 1.82 bits per heavy atom. The first-order valence-electron chi connectivity index (χ1n) is 15.0. The Labute approximate surface area is 263 Å². The van der Waals surface area contributed by atoms with Gasteiger partial charge in [-0.2, -0.15) is 13.2 Å². The van der Waals surface area contributed by atoms with Crippen molar-refractivity contribution in [2.75, 3.05) is 56.1 Å². The number of allylic oxidation sites excluding steroid dienone is 1. The highest BCUT2D eigenvalue weighted by Gasteiger charge is 2.30. The van der Waals surface area contributed by atoms with Gasteiger partial charge in [-0.1, -0.05) is 25.2 Å². The highest BCUT2D eigenvalue weighted by molar-refractivity contribution is 5.96. The summed E-state index contributed by atoms with van der Waals surface area (Å²) < 4.78 is 39.1. The molecule has 0 unspecified atom stereocenters. The van der Waals surface area contributed by atoms with Crippen molar-refractivity contribution in [2.24, 2.45) is 5.84 Å². The van der Waals surface area contributed by atoms with Gasteiger partial charge in [-0.15, -0.1) is 0 Å². The number of nitrogens with one attached hydrogen (secondary N) is 2. The Balaban J connectivity index is 1.38. The fourth-order valence-electron chi connectivity index (χ4n) is 5.10. The first-order valence-corrected chi connectivity index (χ1v) is 15.0. The normalized spacial score (nSPS) is 14.0. The van der Waals surface area contributed by atoms with Crippen molar-refractivity contribution in [3.05, 3.63) is 89.2 Å². The van der Waals surface area contributed by atoms with Crippen LogP contribution in [0.1, 0.15) is 53.7 Å². The van der Waals surface area contributed by atoms with Gasteiger partial charge >= 0.3 is 6.18 Å². The van der Waals surface area contributed by atoms with Crippen LogP contribution in [0.2, 0.25) is 0 Å². The smallest absolute Gasteiger partial charge is 0.354 e. The molecule has 2 aromatic carbocycles. The van der Waals surface area contributed by atoms with Gasteiger partial charge in [0, 0.05) is 73.7 Å². The number of amides is 1. The first kappa shape index (κ1) is 33.4.